The monoisotopic (exact) mass is 299 g/mol. The van der Waals surface area contributed by atoms with Gasteiger partial charge < -0.3 is 5.32 Å². The van der Waals surface area contributed by atoms with Crippen molar-refractivity contribution < 1.29 is 8.42 Å². The molecule has 10 heteroatoms. The van der Waals surface area contributed by atoms with E-state index >= 15 is 0 Å². The predicted molar refractivity (Wildman–Crippen MR) is 71.2 cm³/mol. The minimum atomic E-state index is -3.60. The Labute approximate surface area is 116 Å². The lowest BCUT2D eigenvalue weighted by molar-refractivity contribution is 0.573. The number of H-pyrrole nitrogens is 2. The van der Waals surface area contributed by atoms with Gasteiger partial charge in [0.25, 0.3) is 10.0 Å². The van der Waals surface area contributed by atoms with Crippen LogP contribution in [0.1, 0.15) is 18.3 Å². The average molecular weight is 299 g/mol. The summed E-state index contributed by atoms with van der Waals surface area (Å²) in [4.78, 5) is 3.92. The van der Waals surface area contributed by atoms with Gasteiger partial charge >= 0.3 is 0 Å². The highest BCUT2D eigenvalue weighted by Gasteiger charge is 2.20. The molecule has 0 bridgehead atoms. The summed E-state index contributed by atoms with van der Waals surface area (Å²) in [6.45, 7) is 3.38. The molecule has 2 aromatic rings. The summed E-state index contributed by atoms with van der Waals surface area (Å²) < 4.78 is 26.8. The maximum Gasteiger partial charge on any atom is 0.257 e. The summed E-state index contributed by atoms with van der Waals surface area (Å²) in [7, 11) is -3.60. The zero-order valence-corrected chi connectivity index (χ0v) is 11.9. The molecule has 0 aliphatic heterocycles. The molecule has 0 radical (unpaired) electrons. The van der Waals surface area contributed by atoms with Crippen LogP contribution in [0, 0.1) is 0 Å². The predicted octanol–water partition coefficient (Wildman–Crippen LogP) is -0.842. The van der Waals surface area contributed by atoms with Crippen molar-refractivity contribution in [1.82, 2.24) is 35.4 Å². The molecule has 0 atom stereocenters. The van der Waals surface area contributed by atoms with Gasteiger partial charge in [0.1, 0.15) is 12.2 Å². The summed E-state index contributed by atoms with van der Waals surface area (Å²) in [6.07, 6.45) is 3.33. The molecule has 20 heavy (non-hydrogen) atoms. The highest BCUT2D eigenvalue weighted by molar-refractivity contribution is 7.89. The van der Waals surface area contributed by atoms with E-state index in [4.69, 9.17) is 0 Å². The molecule has 4 N–H and O–H groups in total. The molecule has 9 nitrogen and oxygen atoms in total. The molecular formula is C10H17N7O2S. The van der Waals surface area contributed by atoms with Crippen LogP contribution >= 0.6 is 0 Å². The fourth-order valence-corrected chi connectivity index (χ4v) is 2.80. The number of aromatic amines is 2. The third kappa shape index (κ3) is 3.62. The molecule has 0 aliphatic rings. The summed E-state index contributed by atoms with van der Waals surface area (Å²) in [5, 5.41) is 15.8. The largest absolute Gasteiger partial charge is 0.313 e. The van der Waals surface area contributed by atoms with Crippen LogP contribution in [-0.2, 0) is 23.0 Å². The first kappa shape index (κ1) is 14.6. The van der Waals surface area contributed by atoms with Crippen molar-refractivity contribution in [3.63, 3.8) is 0 Å². The van der Waals surface area contributed by atoms with Gasteiger partial charge in [0.05, 0.1) is 6.20 Å². The molecule has 0 saturated heterocycles. The van der Waals surface area contributed by atoms with Crippen molar-refractivity contribution in [1.29, 1.82) is 0 Å². The minimum absolute atomic E-state index is 0.0935. The number of nitrogens with zero attached hydrogens (tertiary/aromatic N) is 3. The van der Waals surface area contributed by atoms with Crippen LogP contribution in [0.4, 0.5) is 0 Å². The SMILES string of the molecule is CCNCc1cn[nH]c1S(=O)(=O)NCCc1ncn[nH]1. The Balaban J connectivity index is 1.97. The van der Waals surface area contributed by atoms with E-state index in [0.717, 1.165) is 6.54 Å². The van der Waals surface area contributed by atoms with E-state index < -0.39 is 10.0 Å². The fourth-order valence-electron chi connectivity index (χ4n) is 1.64. The molecule has 0 aromatic carbocycles. The van der Waals surface area contributed by atoms with Crippen molar-refractivity contribution in [2.75, 3.05) is 13.1 Å². The number of hydrogen-bond acceptors (Lipinski definition) is 6. The summed E-state index contributed by atoms with van der Waals surface area (Å²) >= 11 is 0. The maximum atomic E-state index is 12.1. The van der Waals surface area contributed by atoms with Gasteiger partial charge in [-0.3, -0.25) is 10.2 Å². The second kappa shape index (κ2) is 6.59. The number of hydrogen-bond donors (Lipinski definition) is 4. The molecule has 2 aromatic heterocycles. The standard InChI is InChI=1S/C10H17N7O2S/c1-2-11-5-8-6-13-17-10(8)20(18,19)15-4-3-9-12-7-14-16-9/h6-7,11,15H,2-5H2,1H3,(H,13,17)(H,12,14,16). The first-order valence-electron chi connectivity index (χ1n) is 6.20. The van der Waals surface area contributed by atoms with Crippen LogP contribution in [0.2, 0.25) is 0 Å². The highest BCUT2D eigenvalue weighted by atomic mass is 32.2. The van der Waals surface area contributed by atoms with Gasteiger partial charge in [0.2, 0.25) is 0 Å². The van der Waals surface area contributed by atoms with E-state index in [0.29, 0.717) is 24.4 Å². The van der Waals surface area contributed by atoms with Crippen LogP contribution in [-0.4, -0.2) is 46.9 Å². The molecule has 110 valence electrons. The van der Waals surface area contributed by atoms with Crippen molar-refractivity contribution in [2.45, 2.75) is 24.9 Å². The fraction of sp³-hybridized carbons (Fsp3) is 0.500. The van der Waals surface area contributed by atoms with Crippen LogP contribution in [0.25, 0.3) is 0 Å². The Morgan fingerprint density at radius 2 is 2.15 bits per heavy atom. The van der Waals surface area contributed by atoms with E-state index in [1.807, 2.05) is 6.92 Å². The Morgan fingerprint density at radius 3 is 2.85 bits per heavy atom. The zero-order valence-electron chi connectivity index (χ0n) is 11.0. The van der Waals surface area contributed by atoms with Gasteiger partial charge in [-0.15, -0.1) is 0 Å². The topological polar surface area (TPSA) is 128 Å². The van der Waals surface area contributed by atoms with Gasteiger partial charge in [-0.25, -0.2) is 18.1 Å². The number of rotatable bonds is 8. The van der Waals surface area contributed by atoms with Crippen molar-refractivity contribution in [2.24, 2.45) is 0 Å². The lowest BCUT2D eigenvalue weighted by atomic mass is 10.3. The molecule has 0 amide bonds. The number of aromatic nitrogens is 5. The number of nitrogens with one attached hydrogen (secondary N) is 4. The highest BCUT2D eigenvalue weighted by Crippen LogP contribution is 2.11. The first-order valence-corrected chi connectivity index (χ1v) is 7.68. The Kier molecular flexibility index (Phi) is 4.82. The van der Waals surface area contributed by atoms with E-state index in [1.165, 1.54) is 12.5 Å². The second-order valence-corrected chi connectivity index (χ2v) is 5.79. The second-order valence-electron chi connectivity index (χ2n) is 4.08. The average Bonchev–Trinajstić information content (AvgIpc) is 3.07. The molecule has 2 rings (SSSR count). The van der Waals surface area contributed by atoms with Crippen LogP contribution in [0.3, 0.4) is 0 Å². The first-order chi connectivity index (χ1) is 9.63. The van der Waals surface area contributed by atoms with Gasteiger partial charge in [-0.1, -0.05) is 6.92 Å². The van der Waals surface area contributed by atoms with Gasteiger partial charge in [0, 0.05) is 25.1 Å². The summed E-state index contributed by atoms with van der Waals surface area (Å²) in [5.41, 5.74) is 0.610. The van der Waals surface area contributed by atoms with E-state index in [-0.39, 0.29) is 11.6 Å². The van der Waals surface area contributed by atoms with E-state index in [9.17, 15) is 8.42 Å². The minimum Gasteiger partial charge on any atom is -0.313 e. The van der Waals surface area contributed by atoms with Crippen molar-refractivity contribution >= 4 is 10.0 Å². The van der Waals surface area contributed by atoms with Gasteiger partial charge in [0.15, 0.2) is 5.03 Å². The van der Waals surface area contributed by atoms with Gasteiger partial charge in [-0.05, 0) is 6.54 Å². The van der Waals surface area contributed by atoms with Crippen molar-refractivity contribution in [3.05, 3.63) is 23.9 Å². The normalized spacial score (nSPS) is 11.8. The molecule has 0 fully saturated rings. The van der Waals surface area contributed by atoms with E-state index in [2.05, 4.69) is 35.4 Å². The third-order valence-electron chi connectivity index (χ3n) is 2.63. The molecule has 2 heterocycles. The van der Waals surface area contributed by atoms with E-state index in [1.54, 1.807) is 0 Å². The number of sulfonamides is 1. The van der Waals surface area contributed by atoms with Crippen molar-refractivity contribution in [3.8, 4) is 0 Å². The zero-order chi connectivity index (χ0) is 14.4. The third-order valence-corrected chi connectivity index (χ3v) is 4.11. The Hall–Kier alpha value is -1.78. The van der Waals surface area contributed by atoms with Crippen LogP contribution < -0.4 is 10.0 Å². The Morgan fingerprint density at radius 1 is 1.30 bits per heavy atom. The molecule has 0 aliphatic carbocycles. The maximum absolute atomic E-state index is 12.1. The van der Waals surface area contributed by atoms with Crippen LogP contribution in [0.5, 0.6) is 0 Å². The van der Waals surface area contributed by atoms with Crippen LogP contribution in [0.15, 0.2) is 17.6 Å². The lowest BCUT2D eigenvalue weighted by Crippen LogP contribution is -2.28. The molecule has 0 spiro atoms. The smallest absolute Gasteiger partial charge is 0.257 e. The molecule has 0 saturated carbocycles. The Bertz CT molecular complexity index is 620. The lowest BCUT2D eigenvalue weighted by Gasteiger charge is -2.06. The molecule has 0 unspecified atom stereocenters. The summed E-state index contributed by atoms with van der Waals surface area (Å²) in [6, 6.07) is 0. The summed E-state index contributed by atoms with van der Waals surface area (Å²) in [5.74, 6) is 0.630. The van der Waals surface area contributed by atoms with Gasteiger partial charge in [-0.2, -0.15) is 10.2 Å². The quantitative estimate of drug-likeness (QED) is 0.503. The molecular weight excluding hydrogens is 282 g/mol.